The highest BCUT2D eigenvalue weighted by Crippen LogP contribution is 2.19. The molecular formula is C21H35N3O3. The Morgan fingerprint density at radius 3 is 2.26 bits per heavy atom. The van der Waals surface area contributed by atoms with Crippen molar-refractivity contribution in [3.63, 3.8) is 0 Å². The number of aliphatic hydroxyl groups is 1. The van der Waals surface area contributed by atoms with Crippen molar-refractivity contribution >= 4 is 17.3 Å². The van der Waals surface area contributed by atoms with Gasteiger partial charge in [-0.3, -0.25) is 4.79 Å². The van der Waals surface area contributed by atoms with Crippen LogP contribution in [-0.4, -0.2) is 35.4 Å². The summed E-state index contributed by atoms with van der Waals surface area (Å²) in [7, 11) is 0. The van der Waals surface area contributed by atoms with E-state index in [4.69, 9.17) is 4.74 Å². The zero-order valence-electron chi connectivity index (χ0n) is 16.9. The zero-order chi connectivity index (χ0) is 19.7. The van der Waals surface area contributed by atoms with Gasteiger partial charge in [0, 0.05) is 30.4 Å². The minimum Gasteiger partial charge on any atom is -0.396 e. The van der Waals surface area contributed by atoms with E-state index in [1.165, 1.54) is 38.5 Å². The molecule has 0 radical (unpaired) electrons. The van der Waals surface area contributed by atoms with Crippen LogP contribution < -0.4 is 16.2 Å². The SMILES string of the molecule is CC(C)(C)O[C@H](CCO)C(=O)Nc1ccc(NNC2CCCCCC2)cc1. The Morgan fingerprint density at radius 1 is 1.11 bits per heavy atom. The molecular weight excluding hydrogens is 342 g/mol. The molecule has 6 heteroatoms. The first kappa shape index (κ1) is 21.7. The van der Waals surface area contributed by atoms with E-state index in [0.29, 0.717) is 11.7 Å². The molecule has 0 aromatic heterocycles. The van der Waals surface area contributed by atoms with E-state index in [-0.39, 0.29) is 18.9 Å². The van der Waals surface area contributed by atoms with Crippen LogP contribution in [-0.2, 0) is 9.53 Å². The quantitative estimate of drug-likeness (QED) is 0.409. The lowest BCUT2D eigenvalue weighted by Crippen LogP contribution is -2.37. The van der Waals surface area contributed by atoms with Crippen LogP contribution in [0.4, 0.5) is 11.4 Å². The van der Waals surface area contributed by atoms with E-state index in [9.17, 15) is 9.90 Å². The summed E-state index contributed by atoms with van der Waals surface area (Å²) < 4.78 is 5.76. The molecule has 0 bridgehead atoms. The summed E-state index contributed by atoms with van der Waals surface area (Å²) in [6.45, 7) is 5.59. The van der Waals surface area contributed by atoms with E-state index in [1.807, 2.05) is 45.0 Å². The third-order valence-corrected chi connectivity index (χ3v) is 4.61. The van der Waals surface area contributed by atoms with E-state index >= 15 is 0 Å². The summed E-state index contributed by atoms with van der Waals surface area (Å²) in [6.07, 6.45) is 7.26. The first-order valence-corrected chi connectivity index (χ1v) is 10.1. The van der Waals surface area contributed by atoms with Gasteiger partial charge >= 0.3 is 0 Å². The molecule has 2 rings (SSSR count). The Morgan fingerprint density at radius 2 is 1.70 bits per heavy atom. The van der Waals surface area contributed by atoms with Crippen LogP contribution in [0.3, 0.4) is 0 Å². The number of rotatable bonds is 8. The molecule has 1 aromatic rings. The number of benzene rings is 1. The number of nitrogens with one attached hydrogen (secondary N) is 3. The maximum absolute atomic E-state index is 12.5. The van der Waals surface area contributed by atoms with Crippen LogP contribution >= 0.6 is 0 Å². The molecule has 4 N–H and O–H groups in total. The van der Waals surface area contributed by atoms with Gasteiger partial charge in [-0.05, 0) is 57.9 Å². The van der Waals surface area contributed by atoms with Crippen LogP contribution in [0.2, 0.25) is 0 Å². The smallest absolute Gasteiger partial charge is 0.253 e. The molecule has 1 amide bonds. The number of anilines is 2. The maximum Gasteiger partial charge on any atom is 0.253 e. The summed E-state index contributed by atoms with van der Waals surface area (Å²) in [4.78, 5) is 12.5. The topological polar surface area (TPSA) is 82.6 Å². The molecule has 1 fully saturated rings. The van der Waals surface area contributed by atoms with Gasteiger partial charge in [0.25, 0.3) is 5.91 Å². The minimum atomic E-state index is -0.676. The second-order valence-electron chi connectivity index (χ2n) is 8.26. The fourth-order valence-electron chi connectivity index (χ4n) is 3.26. The van der Waals surface area contributed by atoms with Crippen molar-refractivity contribution in [1.82, 2.24) is 5.43 Å². The van der Waals surface area contributed by atoms with E-state index in [0.717, 1.165) is 5.69 Å². The normalized spacial score (nSPS) is 17.2. The first-order valence-electron chi connectivity index (χ1n) is 10.1. The van der Waals surface area contributed by atoms with Crippen molar-refractivity contribution in [2.24, 2.45) is 0 Å². The number of hydrazine groups is 1. The van der Waals surface area contributed by atoms with Gasteiger partial charge in [-0.2, -0.15) is 0 Å². The van der Waals surface area contributed by atoms with Crippen LogP contribution in [0.1, 0.15) is 65.7 Å². The number of hydrogen-bond donors (Lipinski definition) is 4. The first-order chi connectivity index (χ1) is 12.9. The fourth-order valence-corrected chi connectivity index (χ4v) is 3.26. The molecule has 0 spiro atoms. The standard InChI is InChI=1S/C21H35N3O3/c1-21(2,3)27-19(14-15-25)20(26)22-16-10-12-18(13-11-16)24-23-17-8-6-4-5-7-9-17/h10-13,17,19,23-25H,4-9,14-15H2,1-3H3,(H,22,26)/t19-/m1/s1. The third kappa shape index (κ3) is 8.28. The molecule has 1 aromatic carbocycles. The zero-order valence-corrected chi connectivity index (χ0v) is 16.9. The van der Waals surface area contributed by atoms with E-state index in [2.05, 4.69) is 16.2 Å². The van der Waals surface area contributed by atoms with Gasteiger partial charge < -0.3 is 20.6 Å². The predicted octanol–water partition coefficient (Wildman–Crippen LogP) is 3.83. The highest BCUT2D eigenvalue weighted by atomic mass is 16.5. The summed E-state index contributed by atoms with van der Waals surface area (Å²) >= 11 is 0. The predicted molar refractivity (Wildman–Crippen MR) is 110 cm³/mol. The Balaban J connectivity index is 1.85. The Labute approximate surface area is 163 Å². The number of carbonyl (C=O) groups is 1. The second kappa shape index (κ2) is 10.6. The van der Waals surface area contributed by atoms with Crippen LogP contribution in [0.15, 0.2) is 24.3 Å². The molecule has 0 aliphatic heterocycles. The number of aliphatic hydroxyl groups excluding tert-OH is 1. The molecule has 1 saturated carbocycles. The molecule has 27 heavy (non-hydrogen) atoms. The molecule has 1 atom stereocenters. The fraction of sp³-hybridized carbons (Fsp3) is 0.667. The third-order valence-electron chi connectivity index (χ3n) is 4.61. The summed E-state index contributed by atoms with van der Waals surface area (Å²) in [5.41, 5.74) is 7.92. The van der Waals surface area contributed by atoms with Gasteiger partial charge in [-0.25, -0.2) is 5.43 Å². The lowest BCUT2D eigenvalue weighted by Gasteiger charge is -2.26. The van der Waals surface area contributed by atoms with E-state index in [1.54, 1.807) is 0 Å². The van der Waals surface area contributed by atoms with E-state index < -0.39 is 11.7 Å². The van der Waals surface area contributed by atoms with Crippen molar-refractivity contribution < 1.29 is 14.6 Å². The molecule has 0 unspecified atom stereocenters. The number of amides is 1. The molecule has 0 saturated heterocycles. The largest absolute Gasteiger partial charge is 0.396 e. The van der Waals surface area contributed by atoms with Gasteiger partial charge in [0.1, 0.15) is 6.10 Å². The van der Waals surface area contributed by atoms with Crippen molar-refractivity contribution in [1.29, 1.82) is 0 Å². The Hall–Kier alpha value is -1.63. The van der Waals surface area contributed by atoms with Gasteiger partial charge in [-0.15, -0.1) is 0 Å². The average Bonchev–Trinajstić information content (AvgIpc) is 2.88. The molecule has 1 aliphatic carbocycles. The van der Waals surface area contributed by atoms with Gasteiger partial charge in [0.15, 0.2) is 0 Å². The monoisotopic (exact) mass is 377 g/mol. The number of carbonyl (C=O) groups excluding carboxylic acids is 1. The summed E-state index contributed by atoms with van der Waals surface area (Å²) in [5, 5.41) is 12.1. The Kier molecular flexibility index (Phi) is 8.54. The van der Waals surface area contributed by atoms with Gasteiger partial charge in [0.2, 0.25) is 0 Å². The van der Waals surface area contributed by atoms with Crippen molar-refractivity contribution in [3.05, 3.63) is 24.3 Å². The maximum atomic E-state index is 12.5. The number of ether oxygens (including phenoxy) is 1. The Bertz CT molecular complexity index is 561. The highest BCUT2D eigenvalue weighted by Gasteiger charge is 2.25. The van der Waals surface area contributed by atoms with Crippen molar-refractivity contribution in [3.8, 4) is 0 Å². The van der Waals surface area contributed by atoms with Crippen LogP contribution in [0.25, 0.3) is 0 Å². The number of hydrogen-bond acceptors (Lipinski definition) is 5. The lowest BCUT2D eigenvalue weighted by molar-refractivity contribution is -0.138. The van der Waals surface area contributed by atoms with Crippen LogP contribution in [0.5, 0.6) is 0 Å². The second-order valence-corrected chi connectivity index (χ2v) is 8.26. The molecule has 1 aliphatic rings. The lowest BCUT2D eigenvalue weighted by atomic mass is 10.1. The minimum absolute atomic E-state index is 0.0934. The summed E-state index contributed by atoms with van der Waals surface area (Å²) in [5.74, 6) is -0.240. The summed E-state index contributed by atoms with van der Waals surface area (Å²) in [6, 6.07) is 8.11. The van der Waals surface area contributed by atoms with Gasteiger partial charge in [-0.1, -0.05) is 25.7 Å². The van der Waals surface area contributed by atoms with Crippen LogP contribution in [0, 0.1) is 0 Å². The highest BCUT2D eigenvalue weighted by molar-refractivity contribution is 5.94. The molecule has 152 valence electrons. The van der Waals surface area contributed by atoms with Crippen molar-refractivity contribution in [2.45, 2.75) is 83.5 Å². The average molecular weight is 378 g/mol. The van der Waals surface area contributed by atoms with Crippen molar-refractivity contribution in [2.75, 3.05) is 17.3 Å². The molecule has 6 nitrogen and oxygen atoms in total. The molecule has 0 heterocycles. The van der Waals surface area contributed by atoms with Gasteiger partial charge in [0.05, 0.1) is 5.60 Å².